The van der Waals surface area contributed by atoms with Gasteiger partial charge >= 0.3 is 0 Å². The van der Waals surface area contributed by atoms with Gasteiger partial charge in [-0.05, 0) is 43.9 Å². The largest absolute Gasteiger partial charge is 0.397 e. The fraction of sp³-hybridized carbons (Fsp3) is 0.533. The Balaban J connectivity index is 2.06. The van der Waals surface area contributed by atoms with Crippen LogP contribution < -0.4 is 16.0 Å². The van der Waals surface area contributed by atoms with Crippen molar-refractivity contribution < 1.29 is 4.79 Å². The summed E-state index contributed by atoms with van der Waals surface area (Å²) >= 11 is 0. The third-order valence-electron chi connectivity index (χ3n) is 3.49. The molecule has 0 unspecified atom stereocenters. The van der Waals surface area contributed by atoms with Gasteiger partial charge in [0.05, 0.1) is 11.4 Å². The van der Waals surface area contributed by atoms with Crippen molar-refractivity contribution in [3.05, 3.63) is 18.2 Å². The van der Waals surface area contributed by atoms with E-state index in [1.54, 1.807) is 0 Å². The molecular formula is C15H23N3O. The van der Waals surface area contributed by atoms with E-state index in [-0.39, 0.29) is 5.91 Å². The van der Waals surface area contributed by atoms with Gasteiger partial charge in [-0.2, -0.15) is 0 Å². The Morgan fingerprint density at radius 1 is 1.32 bits per heavy atom. The second kappa shape index (κ2) is 6.45. The molecule has 1 fully saturated rings. The van der Waals surface area contributed by atoms with E-state index >= 15 is 0 Å². The molecule has 0 saturated carbocycles. The Hall–Kier alpha value is -1.71. The predicted octanol–water partition coefficient (Wildman–Crippen LogP) is 3.00. The highest BCUT2D eigenvalue weighted by atomic mass is 16.1. The minimum absolute atomic E-state index is 0.0487. The molecule has 1 heterocycles. The standard InChI is InChI=1S/C15H23N3O/c1-2-6-15(19)17-12-7-8-14(13(16)11-12)18-9-4-3-5-10-18/h7-8,11H,2-6,9-10,16H2,1H3,(H,17,19). The highest BCUT2D eigenvalue weighted by molar-refractivity contribution is 5.92. The molecule has 4 heteroatoms. The van der Waals surface area contributed by atoms with Crippen LogP contribution in [0.1, 0.15) is 39.0 Å². The second-order valence-electron chi connectivity index (χ2n) is 5.12. The number of benzene rings is 1. The number of hydrogen-bond acceptors (Lipinski definition) is 3. The van der Waals surface area contributed by atoms with Crippen LogP contribution in [0.4, 0.5) is 17.1 Å². The lowest BCUT2D eigenvalue weighted by Crippen LogP contribution is -2.30. The van der Waals surface area contributed by atoms with Crippen LogP contribution in [0, 0.1) is 0 Å². The molecule has 1 aromatic carbocycles. The van der Waals surface area contributed by atoms with Crippen molar-refractivity contribution in [1.82, 2.24) is 0 Å². The highest BCUT2D eigenvalue weighted by Gasteiger charge is 2.13. The number of anilines is 3. The SMILES string of the molecule is CCCC(=O)Nc1ccc(N2CCCCC2)c(N)c1. The van der Waals surface area contributed by atoms with E-state index in [0.29, 0.717) is 6.42 Å². The van der Waals surface area contributed by atoms with Crippen molar-refractivity contribution in [3.8, 4) is 0 Å². The van der Waals surface area contributed by atoms with Crippen LogP contribution in [0.5, 0.6) is 0 Å². The number of rotatable bonds is 4. The number of carbonyl (C=O) groups excluding carboxylic acids is 1. The number of nitrogens with one attached hydrogen (secondary N) is 1. The molecule has 1 aromatic rings. The summed E-state index contributed by atoms with van der Waals surface area (Å²) in [5.74, 6) is 0.0487. The van der Waals surface area contributed by atoms with Gasteiger partial charge < -0.3 is 16.0 Å². The van der Waals surface area contributed by atoms with Gasteiger partial charge in [0.15, 0.2) is 0 Å². The van der Waals surface area contributed by atoms with Gasteiger partial charge in [0.1, 0.15) is 0 Å². The molecule has 4 nitrogen and oxygen atoms in total. The topological polar surface area (TPSA) is 58.4 Å². The van der Waals surface area contributed by atoms with Crippen molar-refractivity contribution in [2.24, 2.45) is 0 Å². The number of nitrogens with zero attached hydrogens (tertiary/aromatic N) is 1. The number of carbonyl (C=O) groups is 1. The fourth-order valence-electron chi connectivity index (χ4n) is 2.51. The molecular weight excluding hydrogens is 238 g/mol. The maximum absolute atomic E-state index is 11.5. The Morgan fingerprint density at radius 3 is 2.68 bits per heavy atom. The Morgan fingerprint density at radius 2 is 2.05 bits per heavy atom. The van der Waals surface area contributed by atoms with E-state index in [4.69, 9.17) is 5.73 Å². The summed E-state index contributed by atoms with van der Waals surface area (Å²) in [6.07, 6.45) is 5.17. The van der Waals surface area contributed by atoms with E-state index in [0.717, 1.165) is 36.6 Å². The lowest BCUT2D eigenvalue weighted by Gasteiger charge is -2.30. The van der Waals surface area contributed by atoms with Crippen molar-refractivity contribution in [1.29, 1.82) is 0 Å². The first kappa shape index (κ1) is 13.7. The highest BCUT2D eigenvalue weighted by Crippen LogP contribution is 2.28. The van der Waals surface area contributed by atoms with Crippen LogP contribution >= 0.6 is 0 Å². The first-order valence-electron chi connectivity index (χ1n) is 7.15. The number of nitrogens with two attached hydrogens (primary N) is 1. The van der Waals surface area contributed by atoms with Crippen molar-refractivity contribution in [2.75, 3.05) is 29.0 Å². The molecule has 0 bridgehead atoms. The molecule has 19 heavy (non-hydrogen) atoms. The molecule has 1 aliphatic rings. The van der Waals surface area contributed by atoms with E-state index in [9.17, 15) is 4.79 Å². The minimum Gasteiger partial charge on any atom is -0.397 e. The Kier molecular flexibility index (Phi) is 4.66. The molecule has 1 saturated heterocycles. The van der Waals surface area contributed by atoms with Crippen LogP contribution in [0.15, 0.2) is 18.2 Å². The van der Waals surface area contributed by atoms with Gasteiger partial charge in [0.2, 0.25) is 5.91 Å². The number of hydrogen-bond donors (Lipinski definition) is 2. The quantitative estimate of drug-likeness (QED) is 0.819. The number of piperidine rings is 1. The van der Waals surface area contributed by atoms with E-state index < -0.39 is 0 Å². The smallest absolute Gasteiger partial charge is 0.224 e. The minimum atomic E-state index is 0.0487. The molecule has 2 rings (SSSR count). The van der Waals surface area contributed by atoms with Gasteiger partial charge in [-0.25, -0.2) is 0 Å². The van der Waals surface area contributed by atoms with Crippen LogP contribution in [0.3, 0.4) is 0 Å². The van der Waals surface area contributed by atoms with Gasteiger partial charge in [0.25, 0.3) is 0 Å². The zero-order chi connectivity index (χ0) is 13.7. The maximum atomic E-state index is 11.5. The van der Waals surface area contributed by atoms with Gasteiger partial charge in [-0.15, -0.1) is 0 Å². The zero-order valence-corrected chi connectivity index (χ0v) is 11.6. The molecule has 1 aliphatic heterocycles. The molecule has 0 atom stereocenters. The van der Waals surface area contributed by atoms with E-state index in [1.807, 2.05) is 25.1 Å². The third kappa shape index (κ3) is 3.63. The lowest BCUT2D eigenvalue weighted by molar-refractivity contribution is -0.116. The molecule has 1 amide bonds. The molecule has 0 aliphatic carbocycles. The molecule has 0 aromatic heterocycles. The third-order valence-corrected chi connectivity index (χ3v) is 3.49. The monoisotopic (exact) mass is 261 g/mol. The predicted molar refractivity (Wildman–Crippen MR) is 80.5 cm³/mol. The molecule has 104 valence electrons. The summed E-state index contributed by atoms with van der Waals surface area (Å²) in [5.41, 5.74) is 8.73. The first-order valence-corrected chi connectivity index (χ1v) is 7.15. The summed E-state index contributed by atoms with van der Waals surface area (Å²) < 4.78 is 0. The number of nitrogen functional groups attached to an aromatic ring is 1. The van der Waals surface area contributed by atoms with E-state index in [1.165, 1.54) is 19.3 Å². The molecule has 0 spiro atoms. The van der Waals surface area contributed by atoms with Gasteiger partial charge in [-0.3, -0.25) is 4.79 Å². The average Bonchev–Trinajstić information content (AvgIpc) is 2.40. The zero-order valence-electron chi connectivity index (χ0n) is 11.6. The van der Waals surface area contributed by atoms with Crippen molar-refractivity contribution in [2.45, 2.75) is 39.0 Å². The maximum Gasteiger partial charge on any atom is 0.224 e. The van der Waals surface area contributed by atoms with E-state index in [2.05, 4.69) is 10.2 Å². The van der Waals surface area contributed by atoms with Crippen LogP contribution in [0.2, 0.25) is 0 Å². The summed E-state index contributed by atoms with van der Waals surface area (Å²) in [6, 6.07) is 5.81. The fourth-order valence-corrected chi connectivity index (χ4v) is 2.51. The van der Waals surface area contributed by atoms with Gasteiger partial charge in [0, 0.05) is 25.2 Å². The van der Waals surface area contributed by atoms with Crippen LogP contribution in [-0.4, -0.2) is 19.0 Å². The normalized spacial score (nSPS) is 15.3. The molecule has 3 N–H and O–H groups in total. The summed E-state index contributed by atoms with van der Waals surface area (Å²) in [4.78, 5) is 13.9. The van der Waals surface area contributed by atoms with Gasteiger partial charge in [-0.1, -0.05) is 6.92 Å². The summed E-state index contributed by atoms with van der Waals surface area (Å²) in [5, 5.41) is 2.88. The summed E-state index contributed by atoms with van der Waals surface area (Å²) in [7, 11) is 0. The van der Waals surface area contributed by atoms with Crippen LogP contribution in [0.25, 0.3) is 0 Å². The Bertz CT molecular complexity index is 439. The first-order chi connectivity index (χ1) is 9.20. The average molecular weight is 261 g/mol. The second-order valence-corrected chi connectivity index (χ2v) is 5.12. The summed E-state index contributed by atoms with van der Waals surface area (Å²) in [6.45, 7) is 4.14. The van der Waals surface area contributed by atoms with Crippen molar-refractivity contribution >= 4 is 23.0 Å². The Labute approximate surface area is 115 Å². The number of amides is 1. The van der Waals surface area contributed by atoms with Crippen LogP contribution in [-0.2, 0) is 4.79 Å². The van der Waals surface area contributed by atoms with Crippen molar-refractivity contribution in [3.63, 3.8) is 0 Å². The lowest BCUT2D eigenvalue weighted by atomic mass is 10.1. The molecule has 0 radical (unpaired) electrons.